The molecule has 3 nitrogen and oxygen atoms in total. The van der Waals surface area contributed by atoms with E-state index >= 15 is 0 Å². The Morgan fingerprint density at radius 1 is 1.04 bits per heavy atom. The summed E-state index contributed by atoms with van der Waals surface area (Å²) in [4.78, 5) is 0. The smallest absolute Gasteiger partial charge is 0.166 e. The van der Waals surface area contributed by atoms with E-state index in [1.54, 1.807) is 7.11 Å². The lowest BCUT2D eigenvalue weighted by atomic mass is 10.1. The second kappa shape index (κ2) is 10.2. The van der Waals surface area contributed by atoms with Crippen LogP contribution in [-0.4, -0.2) is 13.7 Å². The molecule has 0 amide bonds. The predicted molar refractivity (Wildman–Crippen MR) is 100 cm³/mol. The van der Waals surface area contributed by atoms with Gasteiger partial charge in [-0.25, -0.2) is 0 Å². The number of para-hydroxylation sites is 1. The van der Waals surface area contributed by atoms with E-state index in [4.69, 9.17) is 21.1 Å². The molecule has 0 aromatic heterocycles. The highest BCUT2D eigenvalue weighted by molar-refractivity contribution is 6.30. The molecule has 24 heavy (non-hydrogen) atoms. The van der Waals surface area contributed by atoms with Crippen molar-refractivity contribution in [1.29, 1.82) is 0 Å². The number of methoxy groups -OCH3 is 1. The monoisotopic (exact) mass is 347 g/mol. The lowest BCUT2D eigenvalue weighted by molar-refractivity contribution is 0.280. The average Bonchev–Trinajstić information content (AvgIpc) is 2.61. The Kier molecular flexibility index (Phi) is 7.93. The zero-order chi connectivity index (χ0) is 17.2. The van der Waals surface area contributed by atoms with Gasteiger partial charge in [-0.1, -0.05) is 55.6 Å². The molecule has 0 aliphatic rings. The van der Waals surface area contributed by atoms with Crippen molar-refractivity contribution in [1.82, 2.24) is 5.32 Å². The molecule has 1 N–H and O–H groups in total. The van der Waals surface area contributed by atoms with Crippen LogP contribution in [0.1, 0.15) is 37.3 Å². The van der Waals surface area contributed by atoms with E-state index in [2.05, 4.69) is 18.3 Å². The summed E-state index contributed by atoms with van der Waals surface area (Å²) in [6, 6.07) is 13.7. The Hall–Kier alpha value is -1.71. The van der Waals surface area contributed by atoms with Gasteiger partial charge in [-0.15, -0.1) is 0 Å². The van der Waals surface area contributed by atoms with Crippen molar-refractivity contribution in [3.05, 3.63) is 58.6 Å². The summed E-state index contributed by atoms with van der Waals surface area (Å²) in [7, 11) is 1.67. The molecule has 4 heteroatoms. The molecule has 0 heterocycles. The zero-order valence-corrected chi connectivity index (χ0v) is 15.2. The Labute approximate surface area is 149 Å². The number of halogens is 1. The van der Waals surface area contributed by atoms with E-state index in [1.165, 1.54) is 19.3 Å². The first-order valence-electron chi connectivity index (χ1n) is 8.48. The summed E-state index contributed by atoms with van der Waals surface area (Å²) in [5, 5.41) is 4.21. The van der Waals surface area contributed by atoms with Crippen LogP contribution in [0, 0.1) is 0 Å². The maximum Gasteiger partial charge on any atom is 0.166 e. The Bertz CT molecular complexity index is 614. The summed E-state index contributed by atoms with van der Waals surface area (Å²) in [5.41, 5.74) is 2.19. The van der Waals surface area contributed by atoms with E-state index in [0.29, 0.717) is 6.61 Å². The van der Waals surface area contributed by atoms with Gasteiger partial charge in [0.15, 0.2) is 11.5 Å². The van der Waals surface area contributed by atoms with E-state index in [9.17, 15) is 0 Å². The van der Waals surface area contributed by atoms with Crippen LogP contribution in [0.2, 0.25) is 5.02 Å². The zero-order valence-electron chi connectivity index (χ0n) is 14.5. The molecule has 0 aliphatic carbocycles. The molecule has 0 spiro atoms. The Morgan fingerprint density at radius 2 is 1.83 bits per heavy atom. The first-order valence-corrected chi connectivity index (χ1v) is 8.86. The van der Waals surface area contributed by atoms with E-state index in [1.807, 2.05) is 36.4 Å². The number of hydrogen-bond acceptors (Lipinski definition) is 3. The minimum absolute atomic E-state index is 0.486. The van der Waals surface area contributed by atoms with Crippen molar-refractivity contribution in [2.45, 2.75) is 39.3 Å². The van der Waals surface area contributed by atoms with Gasteiger partial charge in [0.2, 0.25) is 0 Å². The molecule has 2 aromatic rings. The number of nitrogens with one attached hydrogen (secondary N) is 1. The lowest BCUT2D eigenvalue weighted by Crippen LogP contribution is -2.15. The van der Waals surface area contributed by atoms with Crippen molar-refractivity contribution in [3.8, 4) is 11.5 Å². The van der Waals surface area contributed by atoms with Crippen LogP contribution >= 0.6 is 11.6 Å². The van der Waals surface area contributed by atoms with Crippen molar-refractivity contribution in [2.75, 3.05) is 13.7 Å². The van der Waals surface area contributed by atoms with Gasteiger partial charge in [-0.05, 0) is 36.7 Å². The summed E-state index contributed by atoms with van der Waals surface area (Å²) in [6.07, 6.45) is 3.68. The van der Waals surface area contributed by atoms with Crippen molar-refractivity contribution in [2.24, 2.45) is 0 Å². The fourth-order valence-corrected chi connectivity index (χ4v) is 2.61. The van der Waals surface area contributed by atoms with Gasteiger partial charge in [0, 0.05) is 17.1 Å². The molecule has 0 aliphatic heterocycles. The van der Waals surface area contributed by atoms with Crippen LogP contribution in [0.25, 0.3) is 0 Å². The maximum absolute atomic E-state index is 6.06. The van der Waals surface area contributed by atoms with Gasteiger partial charge < -0.3 is 14.8 Å². The van der Waals surface area contributed by atoms with E-state index in [-0.39, 0.29) is 0 Å². The second-order valence-electron chi connectivity index (χ2n) is 5.75. The van der Waals surface area contributed by atoms with Crippen LogP contribution in [0.4, 0.5) is 0 Å². The fraction of sp³-hybridized carbons (Fsp3) is 0.400. The highest BCUT2D eigenvalue weighted by atomic mass is 35.5. The summed E-state index contributed by atoms with van der Waals surface area (Å²) >= 11 is 5.93. The Balaban J connectivity index is 2.01. The molecule has 0 atom stereocenters. The topological polar surface area (TPSA) is 30.5 Å². The molecule has 0 bridgehead atoms. The normalized spacial score (nSPS) is 10.6. The largest absolute Gasteiger partial charge is 0.493 e. The number of rotatable bonds is 10. The van der Waals surface area contributed by atoms with Gasteiger partial charge in [-0.2, -0.15) is 0 Å². The van der Waals surface area contributed by atoms with Gasteiger partial charge >= 0.3 is 0 Å². The lowest BCUT2D eigenvalue weighted by Gasteiger charge is -2.16. The molecule has 130 valence electrons. The molecule has 0 unspecified atom stereocenters. The predicted octanol–water partition coefficient (Wildman–Crippen LogP) is 5.21. The third kappa shape index (κ3) is 5.73. The average molecular weight is 348 g/mol. The highest BCUT2D eigenvalue weighted by Gasteiger charge is 2.10. The van der Waals surface area contributed by atoms with Gasteiger partial charge in [0.25, 0.3) is 0 Å². The van der Waals surface area contributed by atoms with Crippen molar-refractivity contribution in [3.63, 3.8) is 0 Å². The highest BCUT2D eigenvalue weighted by Crippen LogP contribution is 2.31. The molecule has 0 radical (unpaired) electrons. The van der Waals surface area contributed by atoms with Crippen LogP contribution in [0.5, 0.6) is 11.5 Å². The van der Waals surface area contributed by atoms with Crippen LogP contribution < -0.4 is 14.8 Å². The second-order valence-corrected chi connectivity index (χ2v) is 6.18. The molecule has 0 saturated carbocycles. The number of hydrogen-bond donors (Lipinski definition) is 1. The molecular weight excluding hydrogens is 322 g/mol. The molecule has 2 aromatic carbocycles. The third-order valence-corrected chi connectivity index (χ3v) is 4.10. The van der Waals surface area contributed by atoms with E-state index < -0.39 is 0 Å². The third-order valence-electron chi connectivity index (χ3n) is 3.85. The number of unbranched alkanes of at least 4 members (excludes halogenated alkanes) is 2. The molecule has 2 rings (SSSR count). The fourth-order valence-electron chi connectivity index (χ4n) is 2.48. The summed E-state index contributed by atoms with van der Waals surface area (Å²) < 4.78 is 11.5. The van der Waals surface area contributed by atoms with Crippen molar-refractivity contribution < 1.29 is 9.47 Å². The van der Waals surface area contributed by atoms with Crippen LogP contribution in [0.3, 0.4) is 0 Å². The number of ether oxygens (including phenoxy) is 2. The quantitative estimate of drug-likeness (QED) is 0.598. The molecule has 0 fully saturated rings. The standard InChI is InChI=1S/C20H26ClNO2/c1-3-4-5-13-22-14-17-7-6-8-19(23-2)20(17)24-15-16-9-11-18(21)12-10-16/h6-12,22H,3-5,13-15H2,1-2H3. The molecule has 0 saturated heterocycles. The first kappa shape index (κ1) is 18.6. The van der Waals surface area contributed by atoms with E-state index in [0.717, 1.165) is 40.7 Å². The van der Waals surface area contributed by atoms with Crippen molar-refractivity contribution >= 4 is 11.6 Å². The number of benzene rings is 2. The van der Waals surface area contributed by atoms with Gasteiger partial charge in [0.05, 0.1) is 7.11 Å². The minimum atomic E-state index is 0.486. The van der Waals surface area contributed by atoms with Crippen LogP contribution in [-0.2, 0) is 13.2 Å². The minimum Gasteiger partial charge on any atom is -0.493 e. The SMILES string of the molecule is CCCCCNCc1cccc(OC)c1OCc1ccc(Cl)cc1. The summed E-state index contributed by atoms with van der Waals surface area (Å²) in [6.45, 7) is 4.49. The first-order chi connectivity index (χ1) is 11.7. The van der Waals surface area contributed by atoms with Gasteiger partial charge in [-0.3, -0.25) is 0 Å². The molecular formula is C20H26ClNO2. The summed E-state index contributed by atoms with van der Waals surface area (Å²) in [5.74, 6) is 1.56. The van der Waals surface area contributed by atoms with Gasteiger partial charge in [0.1, 0.15) is 6.61 Å². The Morgan fingerprint density at radius 3 is 2.54 bits per heavy atom. The van der Waals surface area contributed by atoms with Crippen LogP contribution in [0.15, 0.2) is 42.5 Å². The maximum atomic E-state index is 6.06.